The van der Waals surface area contributed by atoms with E-state index in [-0.39, 0.29) is 5.82 Å². The minimum atomic E-state index is -0.188. The van der Waals surface area contributed by atoms with E-state index in [4.69, 9.17) is 0 Å². The maximum Gasteiger partial charge on any atom is 0.169 e. The van der Waals surface area contributed by atoms with E-state index >= 15 is 0 Å². The Balaban J connectivity index is 2.08. The van der Waals surface area contributed by atoms with Gasteiger partial charge in [-0.2, -0.15) is 0 Å². The van der Waals surface area contributed by atoms with Crippen LogP contribution in [-0.4, -0.2) is 12.8 Å². The van der Waals surface area contributed by atoms with Crippen LogP contribution in [0.25, 0.3) is 17.2 Å². The molecule has 1 aromatic heterocycles. The molecule has 3 heteroatoms. The van der Waals surface area contributed by atoms with Gasteiger partial charge in [-0.05, 0) is 43.0 Å². The van der Waals surface area contributed by atoms with Crippen molar-refractivity contribution in [3.8, 4) is 11.1 Å². The predicted octanol–water partition coefficient (Wildman–Crippen LogP) is 8.17. The fourth-order valence-electron chi connectivity index (χ4n) is 3.92. The van der Waals surface area contributed by atoms with Crippen LogP contribution < -0.4 is 4.57 Å². The lowest BCUT2D eigenvalue weighted by atomic mass is 9.99. The van der Waals surface area contributed by atoms with Crippen molar-refractivity contribution in [2.75, 3.05) is 6.54 Å². The van der Waals surface area contributed by atoms with Gasteiger partial charge in [0.25, 0.3) is 0 Å². The Morgan fingerprint density at radius 1 is 0.844 bits per heavy atom. The zero-order valence-electron chi connectivity index (χ0n) is 20.5. The molecule has 0 aliphatic carbocycles. The molecule has 0 radical (unpaired) electrons. The van der Waals surface area contributed by atoms with Gasteiger partial charge in [-0.1, -0.05) is 70.9 Å². The second-order valence-electron chi connectivity index (χ2n) is 8.65. The molecule has 0 N–H and O–H groups in total. The quantitative estimate of drug-likeness (QED) is 0.152. The topological polar surface area (TPSA) is 16.2 Å². The standard InChI is InChI=1S/C29H42FN2/c1-4-7-9-11-13-18-31-24-27-22-28(29(30)23-26(27)15-6-3)25-16-20-32(21-17-25)19-14-12-10-8-5-2/h6,15-17,20-24H,4-5,7-14,18-19H2,1-3H3/q+1/b15-6-,31-24+. The number of allylic oxidation sites excluding steroid dienone is 1. The molecule has 0 bridgehead atoms. The highest BCUT2D eigenvalue weighted by Crippen LogP contribution is 2.26. The minimum Gasteiger partial charge on any atom is -0.293 e. The largest absolute Gasteiger partial charge is 0.293 e. The number of unbranched alkanes of at least 4 members (excludes halogenated alkanes) is 8. The van der Waals surface area contributed by atoms with Gasteiger partial charge in [0.1, 0.15) is 12.4 Å². The van der Waals surface area contributed by atoms with Crippen molar-refractivity contribution in [3.05, 3.63) is 59.7 Å². The molecule has 0 aliphatic heterocycles. The molecule has 174 valence electrons. The Morgan fingerprint density at radius 3 is 2.16 bits per heavy atom. The minimum absolute atomic E-state index is 0.188. The maximum absolute atomic E-state index is 14.9. The Labute approximate surface area is 195 Å². The summed E-state index contributed by atoms with van der Waals surface area (Å²) in [6, 6.07) is 7.62. The summed E-state index contributed by atoms with van der Waals surface area (Å²) < 4.78 is 17.1. The van der Waals surface area contributed by atoms with Crippen LogP contribution in [0.4, 0.5) is 4.39 Å². The first-order valence-corrected chi connectivity index (χ1v) is 12.6. The van der Waals surface area contributed by atoms with E-state index in [2.05, 4.69) is 35.8 Å². The van der Waals surface area contributed by atoms with Crippen molar-refractivity contribution in [3.63, 3.8) is 0 Å². The molecule has 0 fully saturated rings. The Kier molecular flexibility index (Phi) is 12.6. The van der Waals surface area contributed by atoms with Crippen LogP contribution in [0.15, 0.2) is 47.7 Å². The molecule has 0 unspecified atom stereocenters. The van der Waals surface area contributed by atoms with Gasteiger partial charge in [-0.15, -0.1) is 0 Å². The number of hydrogen-bond acceptors (Lipinski definition) is 1. The summed E-state index contributed by atoms with van der Waals surface area (Å²) in [4.78, 5) is 4.63. The third-order valence-electron chi connectivity index (χ3n) is 5.86. The summed E-state index contributed by atoms with van der Waals surface area (Å²) in [5, 5.41) is 0. The number of aryl methyl sites for hydroxylation is 1. The second kappa shape index (κ2) is 15.5. The summed E-state index contributed by atoms with van der Waals surface area (Å²) in [5.41, 5.74) is 3.39. The van der Waals surface area contributed by atoms with Crippen LogP contribution in [0.2, 0.25) is 0 Å². The summed E-state index contributed by atoms with van der Waals surface area (Å²) >= 11 is 0. The Bertz CT molecular complexity index is 837. The smallest absolute Gasteiger partial charge is 0.169 e. The van der Waals surface area contributed by atoms with Crippen LogP contribution in [0.1, 0.15) is 96.1 Å². The van der Waals surface area contributed by atoms with Gasteiger partial charge < -0.3 is 0 Å². The van der Waals surface area contributed by atoms with Crippen LogP contribution in [0, 0.1) is 5.82 Å². The molecule has 0 amide bonds. The number of aromatic nitrogens is 1. The van der Waals surface area contributed by atoms with Crippen LogP contribution in [0.3, 0.4) is 0 Å². The number of rotatable bonds is 15. The van der Waals surface area contributed by atoms with Crippen molar-refractivity contribution in [2.24, 2.45) is 4.99 Å². The molecule has 1 heterocycles. The molecule has 0 spiro atoms. The average molecular weight is 438 g/mol. The van der Waals surface area contributed by atoms with E-state index in [0.717, 1.165) is 36.2 Å². The number of halogens is 1. The normalized spacial score (nSPS) is 11.8. The highest BCUT2D eigenvalue weighted by molar-refractivity contribution is 5.88. The van der Waals surface area contributed by atoms with Crippen LogP contribution >= 0.6 is 0 Å². The first-order chi connectivity index (χ1) is 15.7. The second-order valence-corrected chi connectivity index (χ2v) is 8.65. The highest BCUT2D eigenvalue weighted by atomic mass is 19.1. The van der Waals surface area contributed by atoms with Gasteiger partial charge in [-0.25, -0.2) is 8.96 Å². The number of nitrogens with zero attached hydrogens (tertiary/aromatic N) is 2. The molecular formula is C29H42FN2+. The zero-order valence-corrected chi connectivity index (χ0v) is 20.5. The molecule has 0 saturated heterocycles. The van der Waals surface area contributed by atoms with Gasteiger partial charge in [0.05, 0.1) is 0 Å². The van der Waals surface area contributed by atoms with Gasteiger partial charge in [0.2, 0.25) is 0 Å². The summed E-state index contributed by atoms with van der Waals surface area (Å²) in [6.45, 7) is 8.27. The molecule has 1 aromatic carbocycles. The SMILES string of the molecule is C/C=C\c1cc(F)c(-c2cc[n+](CCCCCCC)cc2)cc1/C=N/CCCCCCC. The van der Waals surface area contributed by atoms with E-state index in [0.29, 0.717) is 5.56 Å². The van der Waals surface area contributed by atoms with Gasteiger partial charge in [0.15, 0.2) is 12.4 Å². The van der Waals surface area contributed by atoms with E-state index in [1.54, 1.807) is 6.07 Å². The zero-order chi connectivity index (χ0) is 23.0. The molecule has 0 atom stereocenters. The van der Waals surface area contributed by atoms with E-state index in [1.807, 2.05) is 43.5 Å². The monoisotopic (exact) mass is 437 g/mol. The lowest BCUT2D eigenvalue weighted by Crippen LogP contribution is -2.32. The van der Waals surface area contributed by atoms with Crippen molar-refractivity contribution < 1.29 is 8.96 Å². The number of hydrogen-bond donors (Lipinski definition) is 0. The number of aliphatic imine (C=N–C) groups is 1. The summed E-state index contributed by atoms with van der Waals surface area (Å²) in [5.74, 6) is -0.188. The molecule has 2 nitrogen and oxygen atoms in total. The first kappa shape index (κ1) is 26.0. The van der Waals surface area contributed by atoms with Crippen molar-refractivity contribution in [1.82, 2.24) is 0 Å². The maximum atomic E-state index is 14.9. The lowest BCUT2D eigenvalue weighted by Gasteiger charge is -2.08. The Morgan fingerprint density at radius 2 is 1.50 bits per heavy atom. The Hall–Kier alpha value is -2.29. The molecule has 2 rings (SSSR count). The van der Waals surface area contributed by atoms with Crippen molar-refractivity contribution >= 4 is 12.3 Å². The first-order valence-electron chi connectivity index (χ1n) is 12.6. The molecule has 32 heavy (non-hydrogen) atoms. The third-order valence-corrected chi connectivity index (χ3v) is 5.86. The molecule has 0 saturated carbocycles. The van der Waals surface area contributed by atoms with Crippen molar-refractivity contribution in [1.29, 1.82) is 0 Å². The van der Waals surface area contributed by atoms with E-state index in [1.165, 1.54) is 57.8 Å². The molecule has 2 aromatic rings. The fourth-order valence-corrected chi connectivity index (χ4v) is 3.92. The van der Waals surface area contributed by atoms with Gasteiger partial charge in [0, 0.05) is 42.4 Å². The molecular weight excluding hydrogens is 395 g/mol. The summed E-state index contributed by atoms with van der Waals surface area (Å²) in [7, 11) is 0. The highest BCUT2D eigenvalue weighted by Gasteiger charge is 2.11. The van der Waals surface area contributed by atoms with E-state index in [9.17, 15) is 4.39 Å². The lowest BCUT2D eigenvalue weighted by molar-refractivity contribution is -0.697. The summed E-state index contributed by atoms with van der Waals surface area (Å²) in [6.07, 6.45) is 22.5. The number of pyridine rings is 1. The predicted molar refractivity (Wildman–Crippen MR) is 137 cm³/mol. The van der Waals surface area contributed by atoms with Crippen LogP contribution in [0.5, 0.6) is 0 Å². The van der Waals surface area contributed by atoms with E-state index < -0.39 is 0 Å². The molecule has 0 aliphatic rings. The van der Waals surface area contributed by atoms with Gasteiger partial charge in [-0.3, -0.25) is 4.99 Å². The van der Waals surface area contributed by atoms with Gasteiger partial charge >= 0.3 is 0 Å². The van der Waals surface area contributed by atoms with Crippen molar-refractivity contribution in [2.45, 2.75) is 91.5 Å². The van der Waals surface area contributed by atoms with Crippen LogP contribution in [-0.2, 0) is 6.54 Å². The fraction of sp³-hybridized carbons (Fsp3) is 0.517. The average Bonchev–Trinajstić information content (AvgIpc) is 2.80. The number of benzene rings is 1. The third kappa shape index (κ3) is 9.06.